The smallest absolute Gasteiger partial charge is 0.270 e. The Morgan fingerprint density at radius 1 is 1.21 bits per heavy atom. The molecule has 0 atom stereocenters. The molecule has 0 saturated carbocycles. The molecule has 2 rings (SSSR count). The van der Waals surface area contributed by atoms with Crippen molar-refractivity contribution in [2.45, 2.75) is 19.8 Å². The summed E-state index contributed by atoms with van der Waals surface area (Å²) in [6.45, 7) is 2.74. The first kappa shape index (κ1) is 18.2. The average molecular weight is 389 g/mol. The van der Waals surface area contributed by atoms with Crippen LogP contribution in [0.4, 0.5) is 0 Å². The lowest BCUT2D eigenvalue weighted by atomic mass is 10.1. The number of likely N-dealkylation sites (N-methyl/N-ethyl adjacent to an activating group) is 1. The Bertz CT molecular complexity index is 778. The summed E-state index contributed by atoms with van der Waals surface area (Å²) in [6, 6.07) is 12.5. The van der Waals surface area contributed by atoms with Gasteiger partial charge >= 0.3 is 0 Å². The molecule has 2 aromatic rings. The van der Waals surface area contributed by atoms with Gasteiger partial charge in [0.15, 0.2) is 0 Å². The van der Waals surface area contributed by atoms with Crippen LogP contribution in [0.15, 0.2) is 57.9 Å². The van der Waals surface area contributed by atoms with Crippen molar-refractivity contribution in [1.82, 2.24) is 9.47 Å². The fourth-order valence-electron chi connectivity index (χ4n) is 2.27. The molecule has 4 nitrogen and oxygen atoms in total. The van der Waals surface area contributed by atoms with Gasteiger partial charge in [-0.15, -0.1) is 0 Å². The van der Waals surface area contributed by atoms with Gasteiger partial charge in [0.25, 0.3) is 11.5 Å². The van der Waals surface area contributed by atoms with Crippen LogP contribution in [0.2, 0.25) is 0 Å². The standard InChI is InChI=1S/C19H21BrN2O2/c1-3-4-12-21(2)19(24)17(22-13-6-5-7-18(22)23)14-15-8-10-16(20)11-9-15/h5-11,13-14H,3-4,12H2,1-2H3/b17-14-. The second kappa shape index (κ2) is 8.64. The van der Waals surface area contributed by atoms with E-state index < -0.39 is 0 Å². The molecule has 0 fully saturated rings. The van der Waals surface area contributed by atoms with E-state index in [0.29, 0.717) is 12.2 Å². The van der Waals surface area contributed by atoms with Crippen LogP contribution in [0.1, 0.15) is 25.3 Å². The zero-order valence-electron chi connectivity index (χ0n) is 13.9. The predicted molar refractivity (Wildman–Crippen MR) is 102 cm³/mol. The molecule has 1 aromatic carbocycles. The van der Waals surface area contributed by atoms with Crippen molar-refractivity contribution >= 4 is 33.6 Å². The molecule has 0 unspecified atom stereocenters. The first-order valence-corrected chi connectivity index (χ1v) is 8.73. The number of carbonyl (C=O) groups is 1. The van der Waals surface area contributed by atoms with E-state index in [0.717, 1.165) is 22.9 Å². The fourth-order valence-corrected chi connectivity index (χ4v) is 2.53. The highest BCUT2D eigenvalue weighted by molar-refractivity contribution is 9.10. The largest absolute Gasteiger partial charge is 0.340 e. The minimum atomic E-state index is -0.224. The Morgan fingerprint density at radius 3 is 2.54 bits per heavy atom. The second-order valence-electron chi connectivity index (χ2n) is 5.57. The molecule has 24 heavy (non-hydrogen) atoms. The van der Waals surface area contributed by atoms with Crippen LogP contribution in [-0.2, 0) is 4.79 Å². The van der Waals surface area contributed by atoms with Crippen molar-refractivity contribution in [3.05, 3.63) is 69.1 Å². The Balaban J connectivity index is 2.45. The van der Waals surface area contributed by atoms with Gasteiger partial charge in [-0.1, -0.05) is 47.5 Å². The van der Waals surface area contributed by atoms with Crippen LogP contribution < -0.4 is 5.56 Å². The summed E-state index contributed by atoms with van der Waals surface area (Å²) in [6.07, 6.45) is 5.31. The van der Waals surface area contributed by atoms with Crippen LogP contribution >= 0.6 is 15.9 Å². The first-order valence-electron chi connectivity index (χ1n) is 7.93. The van der Waals surface area contributed by atoms with Gasteiger partial charge < -0.3 is 4.90 Å². The maximum atomic E-state index is 12.9. The average Bonchev–Trinajstić information content (AvgIpc) is 2.59. The number of nitrogens with zero attached hydrogens (tertiary/aromatic N) is 2. The lowest BCUT2D eigenvalue weighted by molar-refractivity contribution is -0.124. The van der Waals surface area contributed by atoms with E-state index in [1.807, 2.05) is 24.3 Å². The summed E-state index contributed by atoms with van der Waals surface area (Å²) < 4.78 is 2.36. The van der Waals surface area contributed by atoms with Crippen LogP contribution in [0.25, 0.3) is 11.8 Å². The number of benzene rings is 1. The molecule has 1 heterocycles. The van der Waals surface area contributed by atoms with Gasteiger partial charge in [-0.2, -0.15) is 0 Å². The maximum Gasteiger partial charge on any atom is 0.270 e. The third-order valence-corrected chi connectivity index (χ3v) is 4.20. The summed E-state index contributed by atoms with van der Waals surface area (Å²) in [5.41, 5.74) is 0.987. The van der Waals surface area contributed by atoms with Crippen LogP contribution in [0.3, 0.4) is 0 Å². The zero-order valence-corrected chi connectivity index (χ0v) is 15.5. The second-order valence-corrected chi connectivity index (χ2v) is 6.49. The highest BCUT2D eigenvalue weighted by Crippen LogP contribution is 2.16. The molecular weight excluding hydrogens is 368 g/mol. The van der Waals surface area contributed by atoms with E-state index in [4.69, 9.17) is 0 Å². The Labute approximate surface area is 150 Å². The van der Waals surface area contributed by atoms with Gasteiger partial charge in [0, 0.05) is 30.3 Å². The Kier molecular flexibility index (Phi) is 6.55. The van der Waals surface area contributed by atoms with Crippen LogP contribution in [-0.4, -0.2) is 29.0 Å². The number of hydrogen-bond donors (Lipinski definition) is 0. The quantitative estimate of drug-likeness (QED) is 0.704. The number of unbranched alkanes of at least 4 members (excludes halogenated alkanes) is 1. The van der Waals surface area contributed by atoms with Crippen molar-refractivity contribution in [2.75, 3.05) is 13.6 Å². The summed E-state index contributed by atoms with van der Waals surface area (Å²) in [7, 11) is 1.77. The molecule has 0 spiro atoms. The highest BCUT2D eigenvalue weighted by atomic mass is 79.9. The molecule has 0 aliphatic heterocycles. The normalized spacial score (nSPS) is 11.4. The predicted octanol–water partition coefficient (Wildman–Crippen LogP) is 3.87. The summed E-state index contributed by atoms with van der Waals surface area (Å²) >= 11 is 3.40. The highest BCUT2D eigenvalue weighted by Gasteiger charge is 2.17. The molecule has 126 valence electrons. The number of amides is 1. The molecule has 0 bridgehead atoms. The number of carbonyl (C=O) groups excluding carboxylic acids is 1. The lowest BCUT2D eigenvalue weighted by Gasteiger charge is -2.19. The summed E-state index contributed by atoms with van der Waals surface area (Å²) in [4.78, 5) is 26.7. The van der Waals surface area contributed by atoms with Crippen molar-refractivity contribution in [3.8, 4) is 0 Å². The molecule has 0 saturated heterocycles. The number of aromatic nitrogens is 1. The Morgan fingerprint density at radius 2 is 1.92 bits per heavy atom. The zero-order chi connectivity index (χ0) is 17.5. The van der Waals surface area contributed by atoms with Gasteiger partial charge in [-0.25, -0.2) is 0 Å². The molecular formula is C19H21BrN2O2. The van der Waals surface area contributed by atoms with Gasteiger partial charge in [0.1, 0.15) is 5.70 Å². The molecule has 0 radical (unpaired) electrons. The molecule has 1 amide bonds. The molecule has 5 heteroatoms. The molecule has 0 aliphatic carbocycles. The number of hydrogen-bond acceptors (Lipinski definition) is 2. The van der Waals surface area contributed by atoms with E-state index in [9.17, 15) is 9.59 Å². The minimum absolute atomic E-state index is 0.167. The summed E-state index contributed by atoms with van der Waals surface area (Å²) in [5.74, 6) is -0.167. The van der Waals surface area contributed by atoms with Crippen molar-refractivity contribution in [2.24, 2.45) is 0 Å². The van der Waals surface area contributed by atoms with Crippen molar-refractivity contribution in [3.63, 3.8) is 0 Å². The van der Waals surface area contributed by atoms with Crippen molar-refractivity contribution in [1.29, 1.82) is 0 Å². The SMILES string of the molecule is CCCCN(C)C(=O)/C(=C/c1ccc(Br)cc1)n1ccccc1=O. The fraction of sp³-hybridized carbons (Fsp3) is 0.263. The van der Waals surface area contributed by atoms with E-state index in [1.54, 1.807) is 36.4 Å². The summed E-state index contributed by atoms with van der Waals surface area (Å²) in [5, 5.41) is 0. The van der Waals surface area contributed by atoms with E-state index >= 15 is 0 Å². The Hall–Kier alpha value is -2.14. The van der Waals surface area contributed by atoms with Gasteiger partial charge in [-0.05, 0) is 36.3 Å². The third-order valence-electron chi connectivity index (χ3n) is 3.67. The van der Waals surface area contributed by atoms with E-state index in [-0.39, 0.29) is 11.5 Å². The van der Waals surface area contributed by atoms with E-state index in [2.05, 4.69) is 22.9 Å². The molecule has 0 N–H and O–H groups in total. The molecule has 0 aliphatic rings. The van der Waals surface area contributed by atoms with Crippen molar-refractivity contribution < 1.29 is 4.79 Å². The van der Waals surface area contributed by atoms with E-state index in [1.165, 1.54) is 10.6 Å². The monoisotopic (exact) mass is 388 g/mol. The third kappa shape index (κ3) is 4.68. The van der Waals surface area contributed by atoms with Gasteiger partial charge in [0.05, 0.1) is 0 Å². The minimum Gasteiger partial charge on any atom is -0.340 e. The number of halogens is 1. The number of rotatable bonds is 6. The lowest BCUT2D eigenvalue weighted by Crippen LogP contribution is -2.33. The van der Waals surface area contributed by atoms with Gasteiger partial charge in [0.2, 0.25) is 0 Å². The van der Waals surface area contributed by atoms with Crippen LogP contribution in [0.5, 0.6) is 0 Å². The topological polar surface area (TPSA) is 42.3 Å². The molecule has 1 aromatic heterocycles. The maximum absolute atomic E-state index is 12.9. The van der Waals surface area contributed by atoms with Gasteiger partial charge in [-0.3, -0.25) is 14.2 Å². The van der Waals surface area contributed by atoms with Crippen LogP contribution in [0, 0.1) is 0 Å². The first-order chi connectivity index (χ1) is 11.5. The number of pyridine rings is 1.